The van der Waals surface area contributed by atoms with Crippen molar-refractivity contribution in [1.29, 1.82) is 5.26 Å². The highest BCUT2D eigenvalue weighted by Crippen LogP contribution is 2.22. The zero-order valence-corrected chi connectivity index (χ0v) is 14.5. The quantitative estimate of drug-likeness (QED) is 0.628. The zero-order valence-electron chi connectivity index (χ0n) is 14.5. The number of Topliss-reactive ketones (excluding diaryl/α,β-unsaturated/α-hetero) is 1. The molecule has 0 atom stereocenters. The Kier molecular flexibility index (Phi) is 5.60. The van der Waals surface area contributed by atoms with E-state index in [1.165, 1.54) is 0 Å². The molecule has 4 nitrogen and oxygen atoms in total. The summed E-state index contributed by atoms with van der Waals surface area (Å²) < 4.78 is 0. The molecule has 1 saturated heterocycles. The summed E-state index contributed by atoms with van der Waals surface area (Å²) in [5.41, 5.74) is 2.23. The fraction of sp³-hybridized carbons (Fsp3) is 0.227. The predicted octanol–water partition coefficient (Wildman–Crippen LogP) is 3.69. The highest BCUT2D eigenvalue weighted by Gasteiger charge is 2.27. The molecule has 2 aromatic carbocycles. The third-order valence-corrected chi connectivity index (χ3v) is 4.69. The van der Waals surface area contributed by atoms with Crippen LogP contribution in [0.15, 0.2) is 60.7 Å². The topological polar surface area (TPSA) is 61.2 Å². The number of ketones is 1. The van der Waals surface area contributed by atoms with Crippen LogP contribution in [0.4, 0.5) is 0 Å². The van der Waals surface area contributed by atoms with Crippen molar-refractivity contribution in [2.45, 2.75) is 12.8 Å². The molecule has 1 aliphatic rings. The molecule has 1 amide bonds. The van der Waals surface area contributed by atoms with E-state index in [4.69, 9.17) is 5.26 Å². The fourth-order valence-corrected chi connectivity index (χ4v) is 3.14. The van der Waals surface area contributed by atoms with Crippen molar-refractivity contribution in [2.75, 3.05) is 13.1 Å². The average molecular weight is 344 g/mol. The van der Waals surface area contributed by atoms with E-state index in [0.717, 1.165) is 11.1 Å². The normalized spacial score (nSPS) is 15.0. The van der Waals surface area contributed by atoms with Crippen LogP contribution in [0.5, 0.6) is 0 Å². The average Bonchev–Trinajstić information content (AvgIpc) is 2.72. The number of nitrogens with zero attached hydrogens (tertiary/aromatic N) is 2. The fourth-order valence-electron chi connectivity index (χ4n) is 3.14. The van der Waals surface area contributed by atoms with E-state index < -0.39 is 0 Å². The van der Waals surface area contributed by atoms with Gasteiger partial charge < -0.3 is 4.90 Å². The van der Waals surface area contributed by atoms with Crippen molar-refractivity contribution in [1.82, 2.24) is 4.90 Å². The SMILES string of the molecule is N#Cc1ccc(C=CC(=O)N2CCC(C(=O)c3ccccc3)CC2)cc1. The number of rotatable bonds is 4. The van der Waals surface area contributed by atoms with Crippen molar-refractivity contribution in [3.05, 3.63) is 77.4 Å². The van der Waals surface area contributed by atoms with Crippen LogP contribution in [0.3, 0.4) is 0 Å². The van der Waals surface area contributed by atoms with Crippen molar-refractivity contribution in [3.8, 4) is 6.07 Å². The number of hydrogen-bond donors (Lipinski definition) is 0. The molecule has 0 bridgehead atoms. The van der Waals surface area contributed by atoms with Gasteiger partial charge in [-0.3, -0.25) is 9.59 Å². The van der Waals surface area contributed by atoms with Gasteiger partial charge in [-0.15, -0.1) is 0 Å². The molecular formula is C22H20N2O2. The number of carbonyl (C=O) groups is 2. The van der Waals surface area contributed by atoms with E-state index in [1.54, 1.807) is 29.2 Å². The minimum absolute atomic E-state index is 0.0102. The van der Waals surface area contributed by atoms with Gasteiger partial charge in [0.15, 0.2) is 5.78 Å². The molecule has 1 aliphatic heterocycles. The lowest BCUT2D eigenvalue weighted by atomic mass is 9.89. The monoisotopic (exact) mass is 344 g/mol. The van der Waals surface area contributed by atoms with Crippen LogP contribution >= 0.6 is 0 Å². The van der Waals surface area contributed by atoms with Crippen LogP contribution in [-0.4, -0.2) is 29.7 Å². The first-order valence-corrected chi connectivity index (χ1v) is 8.74. The lowest BCUT2D eigenvalue weighted by molar-refractivity contribution is -0.127. The van der Waals surface area contributed by atoms with Gasteiger partial charge in [0.05, 0.1) is 11.6 Å². The summed E-state index contributed by atoms with van der Waals surface area (Å²) in [4.78, 5) is 26.6. The standard InChI is InChI=1S/C22H20N2O2/c23-16-18-8-6-17(7-9-18)10-11-21(25)24-14-12-20(13-15-24)22(26)19-4-2-1-3-5-19/h1-11,20H,12-15H2. The number of amides is 1. The van der Waals surface area contributed by atoms with Crippen LogP contribution in [0.2, 0.25) is 0 Å². The third kappa shape index (κ3) is 4.25. The summed E-state index contributed by atoms with van der Waals surface area (Å²) in [5, 5.41) is 8.80. The second-order valence-electron chi connectivity index (χ2n) is 6.40. The number of carbonyl (C=O) groups excluding carboxylic acids is 2. The van der Waals surface area contributed by atoms with Crippen LogP contribution in [0.25, 0.3) is 6.08 Å². The van der Waals surface area contributed by atoms with E-state index in [-0.39, 0.29) is 17.6 Å². The van der Waals surface area contributed by atoms with Crippen LogP contribution < -0.4 is 0 Å². The summed E-state index contributed by atoms with van der Waals surface area (Å²) in [6, 6.07) is 18.5. The first-order chi connectivity index (χ1) is 12.7. The van der Waals surface area contributed by atoms with Gasteiger partial charge in [-0.2, -0.15) is 5.26 Å². The van der Waals surface area contributed by atoms with Gasteiger partial charge in [-0.1, -0.05) is 42.5 Å². The molecular weight excluding hydrogens is 324 g/mol. The molecule has 0 aromatic heterocycles. The molecule has 0 unspecified atom stereocenters. The largest absolute Gasteiger partial charge is 0.339 e. The highest BCUT2D eigenvalue weighted by molar-refractivity contribution is 5.98. The zero-order chi connectivity index (χ0) is 18.4. The van der Waals surface area contributed by atoms with Crippen molar-refractivity contribution < 1.29 is 9.59 Å². The molecule has 26 heavy (non-hydrogen) atoms. The summed E-state index contributed by atoms with van der Waals surface area (Å²) in [6.07, 6.45) is 4.71. The number of piperidine rings is 1. The Morgan fingerprint density at radius 2 is 1.65 bits per heavy atom. The Bertz CT molecular complexity index is 840. The maximum Gasteiger partial charge on any atom is 0.246 e. The number of nitriles is 1. The molecule has 3 rings (SSSR count). The lowest BCUT2D eigenvalue weighted by Crippen LogP contribution is -2.39. The molecule has 1 fully saturated rings. The van der Waals surface area contributed by atoms with Gasteiger partial charge in [0, 0.05) is 30.6 Å². The molecule has 1 heterocycles. The molecule has 130 valence electrons. The molecule has 0 radical (unpaired) electrons. The Hall–Kier alpha value is -3.19. The van der Waals surface area contributed by atoms with Gasteiger partial charge in [0.1, 0.15) is 0 Å². The second-order valence-corrected chi connectivity index (χ2v) is 6.40. The van der Waals surface area contributed by atoms with Gasteiger partial charge in [0.25, 0.3) is 0 Å². The summed E-state index contributed by atoms with van der Waals surface area (Å²) in [7, 11) is 0. The summed E-state index contributed by atoms with van der Waals surface area (Å²) in [6.45, 7) is 1.19. The minimum atomic E-state index is -0.0417. The molecule has 2 aromatic rings. The molecule has 4 heteroatoms. The lowest BCUT2D eigenvalue weighted by Gasteiger charge is -2.30. The predicted molar refractivity (Wildman–Crippen MR) is 100 cm³/mol. The van der Waals surface area contributed by atoms with E-state index in [9.17, 15) is 9.59 Å². The third-order valence-electron chi connectivity index (χ3n) is 4.69. The van der Waals surface area contributed by atoms with E-state index in [1.807, 2.05) is 42.5 Å². The maximum atomic E-state index is 12.5. The Labute approximate surface area is 153 Å². The van der Waals surface area contributed by atoms with Gasteiger partial charge in [-0.25, -0.2) is 0 Å². The second kappa shape index (κ2) is 8.26. The molecule has 0 spiro atoms. The van der Waals surface area contributed by atoms with Crippen molar-refractivity contribution >= 4 is 17.8 Å². The van der Waals surface area contributed by atoms with Crippen molar-refractivity contribution in [2.24, 2.45) is 5.92 Å². The Morgan fingerprint density at radius 1 is 1.00 bits per heavy atom. The highest BCUT2D eigenvalue weighted by atomic mass is 16.2. The number of hydrogen-bond acceptors (Lipinski definition) is 3. The smallest absolute Gasteiger partial charge is 0.246 e. The summed E-state index contributed by atoms with van der Waals surface area (Å²) in [5.74, 6) is 0.120. The Balaban J connectivity index is 1.54. The number of likely N-dealkylation sites (tertiary alicyclic amines) is 1. The molecule has 0 saturated carbocycles. The van der Waals surface area contributed by atoms with Crippen molar-refractivity contribution in [3.63, 3.8) is 0 Å². The Morgan fingerprint density at radius 3 is 2.27 bits per heavy atom. The number of benzene rings is 2. The minimum Gasteiger partial charge on any atom is -0.339 e. The van der Waals surface area contributed by atoms with Crippen LogP contribution in [-0.2, 0) is 4.79 Å². The van der Waals surface area contributed by atoms with Crippen LogP contribution in [0, 0.1) is 17.2 Å². The summed E-state index contributed by atoms with van der Waals surface area (Å²) >= 11 is 0. The molecule has 0 aliphatic carbocycles. The van der Waals surface area contributed by atoms with Gasteiger partial charge >= 0.3 is 0 Å². The van der Waals surface area contributed by atoms with Crippen LogP contribution in [0.1, 0.15) is 34.3 Å². The maximum absolute atomic E-state index is 12.5. The van der Waals surface area contributed by atoms with E-state index in [0.29, 0.717) is 31.5 Å². The van der Waals surface area contributed by atoms with Gasteiger partial charge in [0.2, 0.25) is 5.91 Å². The van der Waals surface area contributed by atoms with E-state index >= 15 is 0 Å². The van der Waals surface area contributed by atoms with Gasteiger partial charge in [-0.05, 0) is 36.6 Å². The molecule has 0 N–H and O–H groups in total. The van der Waals surface area contributed by atoms with E-state index in [2.05, 4.69) is 6.07 Å². The first-order valence-electron chi connectivity index (χ1n) is 8.74. The first kappa shape index (κ1) is 17.6.